The van der Waals surface area contributed by atoms with Crippen molar-refractivity contribution in [2.24, 2.45) is 0 Å². The van der Waals surface area contributed by atoms with Crippen molar-refractivity contribution in [1.82, 2.24) is 20.2 Å². The van der Waals surface area contributed by atoms with E-state index in [2.05, 4.69) is 38.9 Å². The van der Waals surface area contributed by atoms with Crippen LogP contribution >= 0.6 is 11.6 Å². The Labute approximate surface area is 109 Å². The molecule has 3 rings (SSSR count). The second-order valence-corrected chi connectivity index (χ2v) is 5.32. The van der Waals surface area contributed by atoms with Crippen molar-refractivity contribution >= 4 is 28.5 Å². The smallest absolute Gasteiger partial charge is 0.226 e. The molecule has 2 aromatic rings. The molecule has 3 heterocycles. The molecule has 2 aromatic heterocycles. The number of rotatable bonds is 1. The SMILES string of the molecule is CC1(C)CN(c2nc(Cl)nc3[nH]ncc23)CCO1. The molecule has 0 amide bonds. The van der Waals surface area contributed by atoms with Gasteiger partial charge in [0.25, 0.3) is 0 Å². The lowest BCUT2D eigenvalue weighted by molar-refractivity contribution is -0.0278. The number of nitrogens with zero attached hydrogens (tertiary/aromatic N) is 4. The highest BCUT2D eigenvalue weighted by atomic mass is 35.5. The second kappa shape index (κ2) is 4.07. The minimum Gasteiger partial charge on any atom is -0.372 e. The Morgan fingerprint density at radius 3 is 3.06 bits per heavy atom. The monoisotopic (exact) mass is 267 g/mol. The molecule has 0 radical (unpaired) electrons. The summed E-state index contributed by atoms with van der Waals surface area (Å²) in [5.41, 5.74) is 0.473. The molecular weight excluding hydrogens is 254 g/mol. The zero-order chi connectivity index (χ0) is 12.8. The average Bonchev–Trinajstić information content (AvgIpc) is 2.74. The van der Waals surface area contributed by atoms with Gasteiger partial charge in [-0.1, -0.05) is 0 Å². The van der Waals surface area contributed by atoms with Crippen LogP contribution < -0.4 is 4.90 Å². The third kappa shape index (κ3) is 2.02. The van der Waals surface area contributed by atoms with Crippen molar-refractivity contribution in [2.75, 3.05) is 24.6 Å². The summed E-state index contributed by atoms with van der Waals surface area (Å²) in [5.74, 6) is 0.815. The number of halogens is 1. The molecular formula is C11H14ClN5O. The van der Waals surface area contributed by atoms with Crippen LogP contribution in [-0.2, 0) is 4.74 Å². The lowest BCUT2D eigenvalue weighted by atomic mass is 10.1. The van der Waals surface area contributed by atoms with Crippen LogP contribution in [0.2, 0.25) is 5.28 Å². The fraction of sp³-hybridized carbons (Fsp3) is 0.545. The Hall–Kier alpha value is -1.40. The molecule has 1 aliphatic heterocycles. The topological polar surface area (TPSA) is 66.9 Å². The normalized spacial score (nSPS) is 19.4. The molecule has 0 bridgehead atoms. The van der Waals surface area contributed by atoms with Crippen LogP contribution in [0.25, 0.3) is 11.0 Å². The van der Waals surface area contributed by atoms with Gasteiger partial charge in [0.05, 0.1) is 23.8 Å². The molecule has 1 fully saturated rings. The summed E-state index contributed by atoms with van der Waals surface area (Å²) in [5, 5.41) is 7.92. The average molecular weight is 268 g/mol. The summed E-state index contributed by atoms with van der Waals surface area (Å²) in [6, 6.07) is 0. The van der Waals surface area contributed by atoms with Crippen molar-refractivity contribution in [3.8, 4) is 0 Å². The highest BCUT2D eigenvalue weighted by molar-refractivity contribution is 6.28. The van der Waals surface area contributed by atoms with Crippen LogP contribution in [0.4, 0.5) is 5.82 Å². The van der Waals surface area contributed by atoms with Crippen LogP contribution in [0.3, 0.4) is 0 Å². The Kier molecular flexibility index (Phi) is 2.64. The van der Waals surface area contributed by atoms with E-state index in [0.29, 0.717) is 12.3 Å². The van der Waals surface area contributed by atoms with Crippen LogP contribution in [0, 0.1) is 0 Å². The number of ether oxygens (including phenoxy) is 1. The first-order valence-electron chi connectivity index (χ1n) is 5.81. The second-order valence-electron chi connectivity index (χ2n) is 4.98. The van der Waals surface area contributed by atoms with Crippen LogP contribution in [0.5, 0.6) is 0 Å². The lowest BCUT2D eigenvalue weighted by Gasteiger charge is -2.38. The highest BCUT2D eigenvalue weighted by Crippen LogP contribution is 2.27. The molecule has 0 aliphatic carbocycles. The summed E-state index contributed by atoms with van der Waals surface area (Å²) < 4.78 is 5.70. The zero-order valence-corrected chi connectivity index (χ0v) is 11.0. The maximum atomic E-state index is 5.94. The molecule has 1 saturated heterocycles. The minimum atomic E-state index is -0.189. The molecule has 18 heavy (non-hydrogen) atoms. The van der Waals surface area contributed by atoms with Gasteiger partial charge in [-0.3, -0.25) is 5.10 Å². The lowest BCUT2D eigenvalue weighted by Crippen LogP contribution is -2.48. The van der Waals surface area contributed by atoms with E-state index in [1.54, 1.807) is 6.20 Å². The first-order valence-corrected chi connectivity index (χ1v) is 6.18. The van der Waals surface area contributed by atoms with Gasteiger partial charge < -0.3 is 9.64 Å². The minimum absolute atomic E-state index is 0.189. The van der Waals surface area contributed by atoms with Gasteiger partial charge in [-0.25, -0.2) is 0 Å². The third-order valence-electron chi connectivity index (χ3n) is 2.99. The van der Waals surface area contributed by atoms with E-state index in [-0.39, 0.29) is 10.9 Å². The van der Waals surface area contributed by atoms with Gasteiger partial charge in [0.1, 0.15) is 5.82 Å². The van der Waals surface area contributed by atoms with E-state index in [1.807, 2.05) is 0 Å². The molecule has 1 N–H and O–H groups in total. The summed E-state index contributed by atoms with van der Waals surface area (Å²) in [6.07, 6.45) is 1.73. The number of fused-ring (bicyclic) bond motifs is 1. The van der Waals surface area contributed by atoms with Gasteiger partial charge in [-0.05, 0) is 25.4 Å². The number of hydrogen-bond donors (Lipinski definition) is 1. The van der Waals surface area contributed by atoms with E-state index in [1.165, 1.54) is 0 Å². The standard InChI is InChI=1S/C11H14ClN5O/c1-11(2)6-17(3-4-18-11)9-7-5-13-16-8(7)14-10(12)15-9/h5H,3-4,6H2,1-2H3,(H,13,14,15,16). The number of aromatic amines is 1. The number of anilines is 1. The number of aromatic nitrogens is 4. The van der Waals surface area contributed by atoms with Crippen molar-refractivity contribution in [1.29, 1.82) is 0 Å². The van der Waals surface area contributed by atoms with Crippen LogP contribution in [-0.4, -0.2) is 45.5 Å². The molecule has 7 heteroatoms. The number of hydrogen-bond acceptors (Lipinski definition) is 5. The van der Waals surface area contributed by atoms with Crippen LogP contribution in [0.15, 0.2) is 6.20 Å². The molecule has 96 valence electrons. The molecule has 0 aromatic carbocycles. The van der Waals surface area contributed by atoms with E-state index < -0.39 is 0 Å². The van der Waals surface area contributed by atoms with Crippen molar-refractivity contribution in [3.63, 3.8) is 0 Å². The zero-order valence-electron chi connectivity index (χ0n) is 10.3. The fourth-order valence-corrected chi connectivity index (χ4v) is 2.40. The number of H-pyrrole nitrogens is 1. The van der Waals surface area contributed by atoms with Gasteiger partial charge in [0, 0.05) is 13.1 Å². The highest BCUT2D eigenvalue weighted by Gasteiger charge is 2.29. The van der Waals surface area contributed by atoms with Crippen molar-refractivity contribution in [2.45, 2.75) is 19.4 Å². The Morgan fingerprint density at radius 1 is 1.44 bits per heavy atom. The van der Waals surface area contributed by atoms with Gasteiger partial charge in [0.2, 0.25) is 5.28 Å². The quantitative estimate of drug-likeness (QED) is 0.796. The molecule has 0 unspecified atom stereocenters. The van der Waals surface area contributed by atoms with E-state index in [9.17, 15) is 0 Å². The fourth-order valence-electron chi connectivity index (χ4n) is 2.23. The van der Waals surface area contributed by atoms with E-state index in [0.717, 1.165) is 24.3 Å². The molecule has 0 saturated carbocycles. The summed E-state index contributed by atoms with van der Waals surface area (Å²) in [4.78, 5) is 10.6. The molecule has 0 spiro atoms. The Bertz CT molecular complexity index is 582. The van der Waals surface area contributed by atoms with Gasteiger partial charge in [-0.2, -0.15) is 15.1 Å². The maximum Gasteiger partial charge on any atom is 0.226 e. The van der Waals surface area contributed by atoms with Gasteiger partial charge in [-0.15, -0.1) is 0 Å². The third-order valence-corrected chi connectivity index (χ3v) is 3.16. The first-order chi connectivity index (χ1) is 8.55. The molecule has 0 atom stereocenters. The van der Waals surface area contributed by atoms with Gasteiger partial charge in [0.15, 0.2) is 5.65 Å². The number of morpholine rings is 1. The van der Waals surface area contributed by atoms with Crippen LogP contribution in [0.1, 0.15) is 13.8 Å². The molecule has 6 nitrogen and oxygen atoms in total. The Balaban J connectivity index is 2.05. The van der Waals surface area contributed by atoms with Crippen molar-refractivity contribution < 1.29 is 4.74 Å². The molecule has 1 aliphatic rings. The largest absolute Gasteiger partial charge is 0.372 e. The summed E-state index contributed by atoms with van der Waals surface area (Å²) in [7, 11) is 0. The first kappa shape index (κ1) is 11.7. The van der Waals surface area contributed by atoms with E-state index >= 15 is 0 Å². The number of nitrogens with one attached hydrogen (secondary N) is 1. The van der Waals surface area contributed by atoms with Crippen molar-refractivity contribution in [3.05, 3.63) is 11.5 Å². The summed E-state index contributed by atoms with van der Waals surface area (Å²) in [6.45, 7) is 6.36. The predicted octanol–water partition coefficient (Wildman–Crippen LogP) is 1.62. The summed E-state index contributed by atoms with van der Waals surface area (Å²) >= 11 is 5.94. The Morgan fingerprint density at radius 2 is 2.28 bits per heavy atom. The van der Waals surface area contributed by atoms with E-state index in [4.69, 9.17) is 16.3 Å². The predicted molar refractivity (Wildman–Crippen MR) is 68.9 cm³/mol. The van der Waals surface area contributed by atoms with Gasteiger partial charge >= 0.3 is 0 Å². The maximum absolute atomic E-state index is 5.94.